The molecule has 2 aromatic heterocycles. The Kier molecular flexibility index (Phi) is 4.12. The van der Waals surface area contributed by atoms with Gasteiger partial charge in [-0.25, -0.2) is 9.78 Å². The van der Waals surface area contributed by atoms with Crippen molar-refractivity contribution in [2.75, 3.05) is 24.7 Å². The molecule has 0 spiro atoms. The highest BCUT2D eigenvalue weighted by atomic mass is 79.9. The summed E-state index contributed by atoms with van der Waals surface area (Å²) >= 11 is 3.42. The van der Waals surface area contributed by atoms with Crippen LogP contribution in [0.25, 0.3) is 5.65 Å². The van der Waals surface area contributed by atoms with Gasteiger partial charge in [-0.05, 0) is 40.8 Å². The summed E-state index contributed by atoms with van der Waals surface area (Å²) in [7, 11) is 0. The Hall–Kier alpha value is -1.60. The number of fused-ring (bicyclic) bond motifs is 1. The molecule has 3 heterocycles. The van der Waals surface area contributed by atoms with E-state index in [4.69, 9.17) is 4.74 Å². The van der Waals surface area contributed by atoms with Gasteiger partial charge in [-0.2, -0.15) is 0 Å². The molecule has 3 rings (SSSR count). The lowest BCUT2D eigenvalue weighted by molar-refractivity contribution is 0.0680. The van der Waals surface area contributed by atoms with Crippen LogP contribution < -0.4 is 4.90 Å². The summed E-state index contributed by atoms with van der Waals surface area (Å²) < 4.78 is 7.97. The maximum Gasteiger partial charge on any atom is 0.411 e. The van der Waals surface area contributed by atoms with Crippen LogP contribution in [-0.2, 0) is 4.74 Å². The van der Waals surface area contributed by atoms with E-state index in [0.29, 0.717) is 37.0 Å². The van der Waals surface area contributed by atoms with E-state index in [2.05, 4.69) is 20.9 Å². The van der Waals surface area contributed by atoms with Crippen molar-refractivity contribution in [3.8, 4) is 0 Å². The van der Waals surface area contributed by atoms with E-state index < -0.39 is 6.09 Å². The van der Waals surface area contributed by atoms with Crippen LogP contribution in [0.15, 0.2) is 29.1 Å². The average Bonchev–Trinajstić information content (AvgIpc) is 2.93. The summed E-state index contributed by atoms with van der Waals surface area (Å²) in [6.07, 6.45) is 6.16. The maximum atomic E-state index is 11.7. The maximum absolute atomic E-state index is 11.7. The molecule has 0 bridgehead atoms. The van der Waals surface area contributed by atoms with Gasteiger partial charge in [0, 0.05) is 42.8 Å². The van der Waals surface area contributed by atoms with Gasteiger partial charge >= 0.3 is 6.09 Å². The number of carboxylic acid groups (broad SMARTS) is 1. The molecule has 0 radical (unpaired) electrons. The Bertz CT molecular complexity index is 652. The molecule has 0 saturated carbocycles. The van der Waals surface area contributed by atoms with E-state index >= 15 is 0 Å². The quantitative estimate of drug-likeness (QED) is 0.920. The number of nitrogens with zero attached hydrogens (tertiary/aromatic N) is 3. The molecule has 1 aliphatic heterocycles. The first-order chi connectivity index (χ1) is 10.1. The summed E-state index contributed by atoms with van der Waals surface area (Å²) in [4.78, 5) is 17.4. The van der Waals surface area contributed by atoms with E-state index in [0.717, 1.165) is 17.3 Å². The topological polar surface area (TPSA) is 67.1 Å². The van der Waals surface area contributed by atoms with Crippen LogP contribution in [-0.4, -0.2) is 40.3 Å². The molecule has 6 nitrogen and oxygen atoms in total. The van der Waals surface area contributed by atoms with Gasteiger partial charge in [0.1, 0.15) is 0 Å². The van der Waals surface area contributed by atoms with Crippen molar-refractivity contribution >= 4 is 33.4 Å². The standard InChI is InChI=1S/C14H16BrN3O3/c15-11-7-12(13-16-3-4-17(13)9-11)18(14(19)20)8-10-1-5-21-6-2-10/h3-4,7,9-10H,1-2,5-6,8H2,(H,19,20). The molecule has 1 fully saturated rings. The highest BCUT2D eigenvalue weighted by Crippen LogP contribution is 2.27. The summed E-state index contributed by atoms with van der Waals surface area (Å²) in [6, 6.07) is 1.80. The lowest BCUT2D eigenvalue weighted by Gasteiger charge is -2.28. The fraction of sp³-hybridized carbons (Fsp3) is 0.429. The minimum Gasteiger partial charge on any atom is -0.465 e. The number of halogens is 1. The van der Waals surface area contributed by atoms with Gasteiger partial charge in [0.05, 0.1) is 5.69 Å². The second-order valence-electron chi connectivity index (χ2n) is 5.15. The summed E-state index contributed by atoms with van der Waals surface area (Å²) in [5.41, 5.74) is 1.25. The van der Waals surface area contributed by atoms with Crippen molar-refractivity contribution in [1.82, 2.24) is 9.38 Å². The van der Waals surface area contributed by atoms with E-state index in [1.54, 1.807) is 18.5 Å². The number of carbonyl (C=O) groups is 1. The molecule has 0 aromatic carbocycles. The molecule has 7 heteroatoms. The van der Waals surface area contributed by atoms with Crippen LogP contribution in [0.1, 0.15) is 12.8 Å². The third kappa shape index (κ3) is 3.03. The zero-order chi connectivity index (χ0) is 14.8. The molecule has 2 aromatic rings. The van der Waals surface area contributed by atoms with Crippen molar-refractivity contribution in [1.29, 1.82) is 0 Å². The van der Waals surface area contributed by atoms with Crippen molar-refractivity contribution in [3.05, 3.63) is 29.1 Å². The monoisotopic (exact) mass is 353 g/mol. The lowest BCUT2D eigenvalue weighted by Crippen LogP contribution is -2.36. The number of amides is 1. The Morgan fingerprint density at radius 3 is 3.00 bits per heavy atom. The Morgan fingerprint density at radius 1 is 1.52 bits per heavy atom. The molecule has 1 aliphatic rings. The number of rotatable bonds is 3. The second kappa shape index (κ2) is 6.03. The van der Waals surface area contributed by atoms with E-state index in [1.165, 1.54) is 4.90 Å². The lowest BCUT2D eigenvalue weighted by atomic mass is 9.99. The Balaban J connectivity index is 1.95. The minimum absolute atomic E-state index is 0.323. The van der Waals surface area contributed by atoms with Gasteiger partial charge in [-0.3, -0.25) is 4.90 Å². The molecule has 0 unspecified atom stereocenters. The third-order valence-corrected chi connectivity index (χ3v) is 4.17. The Labute approximate surface area is 130 Å². The summed E-state index contributed by atoms with van der Waals surface area (Å²) in [6.45, 7) is 1.88. The van der Waals surface area contributed by atoms with E-state index in [9.17, 15) is 9.90 Å². The third-order valence-electron chi connectivity index (χ3n) is 3.74. The summed E-state index contributed by atoms with van der Waals surface area (Å²) in [5, 5.41) is 9.59. The van der Waals surface area contributed by atoms with Gasteiger partial charge in [0.25, 0.3) is 0 Å². The first kappa shape index (κ1) is 14.3. The highest BCUT2D eigenvalue weighted by molar-refractivity contribution is 9.10. The Morgan fingerprint density at radius 2 is 2.29 bits per heavy atom. The van der Waals surface area contributed by atoms with Crippen molar-refractivity contribution in [3.63, 3.8) is 0 Å². The van der Waals surface area contributed by atoms with Crippen LogP contribution >= 0.6 is 15.9 Å². The molecule has 1 saturated heterocycles. The first-order valence-electron chi connectivity index (χ1n) is 6.85. The molecule has 21 heavy (non-hydrogen) atoms. The van der Waals surface area contributed by atoms with Crippen LogP contribution in [0.4, 0.5) is 10.5 Å². The van der Waals surface area contributed by atoms with Gasteiger partial charge < -0.3 is 14.2 Å². The average molecular weight is 354 g/mol. The molecular formula is C14H16BrN3O3. The van der Waals surface area contributed by atoms with Crippen molar-refractivity contribution in [2.45, 2.75) is 12.8 Å². The smallest absolute Gasteiger partial charge is 0.411 e. The predicted octanol–water partition coefficient (Wildman–Crippen LogP) is 3.01. The highest BCUT2D eigenvalue weighted by Gasteiger charge is 2.24. The first-order valence-corrected chi connectivity index (χ1v) is 7.65. The van der Waals surface area contributed by atoms with Crippen LogP contribution in [0, 0.1) is 5.92 Å². The van der Waals surface area contributed by atoms with E-state index in [1.807, 2.05) is 10.6 Å². The number of hydrogen-bond acceptors (Lipinski definition) is 3. The second-order valence-corrected chi connectivity index (χ2v) is 6.07. The molecular weight excluding hydrogens is 338 g/mol. The van der Waals surface area contributed by atoms with Gasteiger partial charge in [-0.15, -0.1) is 0 Å². The SMILES string of the molecule is O=C(O)N(CC1CCOCC1)c1cc(Br)cn2ccnc12. The number of aromatic nitrogens is 2. The largest absolute Gasteiger partial charge is 0.465 e. The normalized spacial score (nSPS) is 16.2. The van der Waals surface area contributed by atoms with E-state index in [-0.39, 0.29) is 0 Å². The number of hydrogen-bond donors (Lipinski definition) is 1. The fourth-order valence-electron chi connectivity index (χ4n) is 2.65. The van der Waals surface area contributed by atoms with Gasteiger partial charge in [-0.1, -0.05) is 0 Å². The molecule has 0 aliphatic carbocycles. The number of pyridine rings is 1. The molecule has 1 N–H and O–H groups in total. The predicted molar refractivity (Wildman–Crippen MR) is 81.8 cm³/mol. The number of imidazole rings is 1. The molecule has 1 amide bonds. The molecule has 112 valence electrons. The number of ether oxygens (including phenoxy) is 1. The van der Waals surface area contributed by atoms with Crippen LogP contribution in [0.3, 0.4) is 0 Å². The zero-order valence-electron chi connectivity index (χ0n) is 11.4. The van der Waals surface area contributed by atoms with Crippen molar-refractivity contribution < 1.29 is 14.6 Å². The molecule has 0 atom stereocenters. The van der Waals surface area contributed by atoms with Gasteiger partial charge in [0.2, 0.25) is 0 Å². The number of anilines is 1. The van der Waals surface area contributed by atoms with Crippen molar-refractivity contribution in [2.24, 2.45) is 5.92 Å². The van der Waals surface area contributed by atoms with Crippen LogP contribution in [0.2, 0.25) is 0 Å². The van der Waals surface area contributed by atoms with Gasteiger partial charge in [0.15, 0.2) is 5.65 Å². The summed E-state index contributed by atoms with van der Waals surface area (Å²) in [5.74, 6) is 0.323. The van der Waals surface area contributed by atoms with Crippen LogP contribution in [0.5, 0.6) is 0 Å². The fourth-order valence-corrected chi connectivity index (χ4v) is 3.08. The minimum atomic E-state index is -0.954. The zero-order valence-corrected chi connectivity index (χ0v) is 13.0.